The van der Waals surface area contributed by atoms with Gasteiger partial charge in [0.05, 0.1) is 23.3 Å². The van der Waals surface area contributed by atoms with E-state index in [1.807, 2.05) is 0 Å². The molecule has 33 heavy (non-hydrogen) atoms. The molecule has 14 heteroatoms. The first-order valence-corrected chi connectivity index (χ1v) is 10.7. The highest BCUT2D eigenvalue weighted by molar-refractivity contribution is 6.37. The number of hydrogen-bond donors (Lipinski definition) is 8. The van der Waals surface area contributed by atoms with Crippen LogP contribution in [0.15, 0.2) is 6.07 Å². The molecule has 1 aromatic carbocycles. The SMILES string of the molecule is Cc1c(Cl)c(O)cc(O[C@@H]2O[C@H](CO[C@@H]3O[C@H](CO)[C@@H](O)[C@H](O)[C@H]3O)[C@@H](O)[C@H](O)[C@H]2O)c1Cl. The Morgan fingerprint density at radius 1 is 0.818 bits per heavy atom. The minimum atomic E-state index is -1.74. The van der Waals surface area contributed by atoms with Crippen molar-refractivity contribution in [2.75, 3.05) is 13.2 Å². The Balaban J connectivity index is 1.71. The molecule has 0 unspecified atom stereocenters. The predicted octanol–water partition coefficient (Wildman–Crippen LogP) is -1.99. The van der Waals surface area contributed by atoms with E-state index in [9.17, 15) is 40.9 Å². The Morgan fingerprint density at radius 2 is 1.36 bits per heavy atom. The van der Waals surface area contributed by atoms with Gasteiger partial charge in [-0.05, 0) is 12.5 Å². The summed E-state index contributed by atoms with van der Waals surface area (Å²) in [6, 6.07) is 1.09. The average molecular weight is 517 g/mol. The van der Waals surface area contributed by atoms with Crippen molar-refractivity contribution >= 4 is 23.2 Å². The Labute approximate surface area is 198 Å². The number of rotatable bonds is 6. The van der Waals surface area contributed by atoms with Gasteiger partial charge in [-0.25, -0.2) is 0 Å². The van der Waals surface area contributed by atoms with Crippen LogP contribution >= 0.6 is 23.2 Å². The van der Waals surface area contributed by atoms with E-state index in [4.69, 9.17) is 42.1 Å². The molecule has 0 aromatic heterocycles. The van der Waals surface area contributed by atoms with Crippen LogP contribution in [0.25, 0.3) is 0 Å². The maximum absolute atomic E-state index is 10.3. The van der Waals surface area contributed by atoms with E-state index in [-0.39, 0.29) is 21.5 Å². The first kappa shape index (κ1) is 26.6. The topological polar surface area (TPSA) is 199 Å². The van der Waals surface area contributed by atoms with E-state index in [0.717, 1.165) is 6.07 Å². The minimum absolute atomic E-state index is 0.00118. The second kappa shape index (κ2) is 10.7. The van der Waals surface area contributed by atoms with Crippen molar-refractivity contribution in [1.29, 1.82) is 0 Å². The number of halogens is 2. The summed E-state index contributed by atoms with van der Waals surface area (Å²) in [4.78, 5) is 0. The van der Waals surface area contributed by atoms with Gasteiger partial charge in [-0.15, -0.1) is 0 Å². The molecular formula is C19H26Cl2O12. The number of phenolic OH excluding ortho intramolecular Hbond substituents is 1. The quantitative estimate of drug-likeness (QED) is 0.207. The van der Waals surface area contributed by atoms with E-state index in [1.54, 1.807) is 0 Å². The lowest BCUT2D eigenvalue weighted by Crippen LogP contribution is -2.62. The lowest BCUT2D eigenvalue weighted by molar-refractivity contribution is -0.323. The zero-order valence-electron chi connectivity index (χ0n) is 17.2. The molecule has 0 radical (unpaired) electrons. The summed E-state index contributed by atoms with van der Waals surface area (Å²) in [5, 5.41) is 79.7. The molecule has 1 aromatic rings. The monoisotopic (exact) mass is 516 g/mol. The maximum atomic E-state index is 10.3. The second-order valence-electron chi connectivity index (χ2n) is 7.81. The highest BCUT2D eigenvalue weighted by atomic mass is 35.5. The Kier molecular flexibility index (Phi) is 8.65. The fourth-order valence-corrected chi connectivity index (χ4v) is 3.87. The van der Waals surface area contributed by atoms with Crippen molar-refractivity contribution in [3.05, 3.63) is 21.7 Å². The average Bonchev–Trinajstić information content (AvgIpc) is 2.80. The molecular weight excluding hydrogens is 491 g/mol. The van der Waals surface area contributed by atoms with Gasteiger partial charge in [0.25, 0.3) is 0 Å². The van der Waals surface area contributed by atoms with Gasteiger partial charge in [-0.3, -0.25) is 0 Å². The smallest absolute Gasteiger partial charge is 0.229 e. The molecule has 3 rings (SSSR count). The van der Waals surface area contributed by atoms with Crippen molar-refractivity contribution in [3.63, 3.8) is 0 Å². The Morgan fingerprint density at radius 3 is 1.97 bits per heavy atom. The Hall–Kier alpha value is -1.00. The normalized spacial score (nSPS) is 39.5. The number of hydrogen-bond acceptors (Lipinski definition) is 12. The fourth-order valence-electron chi connectivity index (χ4n) is 3.48. The molecule has 2 fully saturated rings. The van der Waals surface area contributed by atoms with Crippen LogP contribution < -0.4 is 4.74 Å². The van der Waals surface area contributed by atoms with Crippen molar-refractivity contribution in [2.45, 2.75) is 68.3 Å². The van der Waals surface area contributed by atoms with Gasteiger partial charge in [0.15, 0.2) is 6.29 Å². The second-order valence-corrected chi connectivity index (χ2v) is 8.57. The molecule has 0 bridgehead atoms. The third-order valence-corrected chi connectivity index (χ3v) is 6.50. The van der Waals surface area contributed by atoms with E-state index < -0.39 is 74.6 Å². The highest BCUT2D eigenvalue weighted by Gasteiger charge is 2.48. The molecule has 188 valence electrons. The van der Waals surface area contributed by atoms with Crippen molar-refractivity contribution in [1.82, 2.24) is 0 Å². The standard InChI is InChI=1S/C19H26Cl2O12/c1-5-10(20)6(23)2-7(11(5)21)31-19-17(29)15(27)13(25)9(33-19)4-30-18-16(28)14(26)12(24)8(3-22)32-18/h2,8-9,12-19,22-29H,3-4H2,1H3/t8-,9-,12-,13-,14+,15+,16-,17-,18-,19-/m1/s1. The van der Waals surface area contributed by atoms with Gasteiger partial charge in [-0.2, -0.15) is 0 Å². The molecule has 0 aliphatic carbocycles. The van der Waals surface area contributed by atoms with Crippen LogP contribution in [0.5, 0.6) is 11.5 Å². The third-order valence-electron chi connectivity index (χ3n) is 5.55. The van der Waals surface area contributed by atoms with Crippen LogP contribution in [0.2, 0.25) is 10.0 Å². The largest absolute Gasteiger partial charge is 0.506 e. The number of aromatic hydroxyl groups is 1. The van der Waals surface area contributed by atoms with Gasteiger partial charge in [-0.1, -0.05) is 23.2 Å². The molecule has 2 heterocycles. The van der Waals surface area contributed by atoms with E-state index in [0.29, 0.717) is 5.56 Å². The van der Waals surface area contributed by atoms with Crippen LogP contribution in [-0.2, 0) is 14.2 Å². The molecule has 0 saturated carbocycles. The lowest BCUT2D eigenvalue weighted by Gasteiger charge is -2.42. The predicted molar refractivity (Wildman–Crippen MR) is 110 cm³/mol. The van der Waals surface area contributed by atoms with E-state index in [2.05, 4.69) is 0 Å². The van der Waals surface area contributed by atoms with Gasteiger partial charge in [0, 0.05) is 6.07 Å². The summed E-state index contributed by atoms with van der Waals surface area (Å²) in [5.74, 6) is -0.459. The lowest BCUT2D eigenvalue weighted by atomic mass is 9.98. The summed E-state index contributed by atoms with van der Waals surface area (Å²) in [7, 11) is 0. The van der Waals surface area contributed by atoms with E-state index in [1.165, 1.54) is 6.92 Å². The van der Waals surface area contributed by atoms with Crippen LogP contribution in [-0.4, -0.2) is 115 Å². The van der Waals surface area contributed by atoms with Crippen LogP contribution in [0.1, 0.15) is 5.56 Å². The number of aliphatic hydroxyl groups excluding tert-OH is 7. The van der Waals surface area contributed by atoms with Gasteiger partial charge >= 0.3 is 0 Å². The molecule has 0 amide bonds. The van der Waals surface area contributed by atoms with Gasteiger partial charge in [0.1, 0.15) is 60.3 Å². The fraction of sp³-hybridized carbons (Fsp3) is 0.684. The number of benzene rings is 1. The van der Waals surface area contributed by atoms with Gasteiger partial charge in [0.2, 0.25) is 6.29 Å². The molecule has 12 nitrogen and oxygen atoms in total. The third kappa shape index (κ3) is 5.32. The zero-order valence-corrected chi connectivity index (χ0v) is 18.7. The summed E-state index contributed by atoms with van der Waals surface area (Å²) >= 11 is 12.1. The summed E-state index contributed by atoms with van der Waals surface area (Å²) in [6.07, 6.45) is -15.7. The molecule has 2 aliphatic heterocycles. The Bertz CT molecular complexity index is 826. The summed E-state index contributed by atoms with van der Waals surface area (Å²) in [5.41, 5.74) is 0.293. The number of ether oxygens (including phenoxy) is 4. The van der Waals surface area contributed by atoms with Crippen molar-refractivity contribution in [2.24, 2.45) is 0 Å². The minimum Gasteiger partial charge on any atom is -0.506 e. The van der Waals surface area contributed by atoms with E-state index >= 15 is 0 Å². The van der Waals surface area contributed by atoms with Crippen molar-refractivity contribution in [3.8, 4) is 11.5 Å². The van der Waals surface area contributed by atoms with Crippen LogP contribution in [0.3, 0.4) is 0 Å². The number of aliphatic hydroxyl groups is 7. The maximum Gasteiger partial charge on any atom is 0.229 e. The number of phenols is 1. The summed E-state index contributed by atoms with van der Waals surface area (Å²) < 4.78 is 21.6. The molecule has 10 atom stereocenters. The molecule has 2 aliphatic rings. The highest BCUT2D eigenvalue weighted by Crippen LogP contribution is 2.40. The first-order valence-electron chi connectivity index (χ1n) is 9.93. The molecule has 8 N–H and O–H groups in total. The molecule has 0 spiro atoms. The van der Waals surface area contributed by atoms with Gasteiger partial charge < -0.3 is 59.8 Å². The van der Waals surface area contributed by atoms with Crippen LogP contribution in [0, 0.1) is 6.92 Å². The molecule has 2 saturated heterocycles. The van der Waals surface area contributed by atoms with Crippen LogP contribution in [0.4, 0.5) is 0 Å². The summed E-state index contributed by atoms with van der Waals surface area (Å²) in [6.45, 7) is 0.333. The zero-order chi connectivity index (χ0) is 24.6. The first-order chi connectivity index (χ1) is 15.5. The van der Waals surface area contributed by atoms with Crippen molar-refractivity contribution < 1.29 is 59.8 Å².